The lowest BCUT2D eigenvalue weighted by Crippen LogP contribution is -2.43. The van der Waals surface area contributed by atoms with Gasteiger partial charge in [0.25, 0.3) is 0 Å². The monoisotopic (exact) mass is 500 g/mol. The molecule has 1 saturated heterocycles. The molecular formula is C18H18Br2N2O3S. The average molecular weight is 502 g/mol. The van der Waals surface area contributed by atoms with Crippen LogP contribution in [0, 0.1) is 5.92 Å². The van der Waals surface area contributed by atoms with Gasteiger partial charge in [0.15, 0.2) is 0 Å². The highest BCUT2D eigenvalue weighted by Crippen LogP contribution is 2.26. The summed E-state index contributed by atoms with van der Waals surface area (Å²) in [6.07, 6.45) is 1.34. The first-order valence-electron chi connectivity index (χ1n) is 8.18. The highest BCUT2D eigenvalue weighted by molar-refractivity contribution is 9.10. The summed E-state index contributed by atoms with van der Waals surface area (Å²) in [6.45, 7) is 0.626. The molecule has 1 aliphatic heterocycles. The molecule has 0 spiro atoms. The number of sulfonamides is 1. The Morgan fingerprint density at radius 1 is 1.00 bits per heavy atom. The Bertz CT molecular complexity index is 884. The zero-order valence-electron chi connectivity index (χ0n) is 13.9. The first kappa shape index (κ1) is 19.5. The minimum atomic E-state index is -3.60. The van der Waals surface area contributed by atoms with Gasteiger partial charge in [-0.2, -0.15) is 4.31 Å². The van der Waals surface area contributed by atoms with Crippen molar-refractivity contribution in [1.29, 1.82) is 0 Å². The van der Waals surface area contributed by atoms with Crippen molar-refractivity contribution in [3.8, 4) is 0 Å². The first-order chi connectivity index (χ1) is 12.4. The van der Waals surface area contributed by atoms with Gasteiger partial charge in [0.05, 0.1) is 10.8 Å². The molecule has 0 radical (unpaired) electrons. The average Bonchev–Trinajstić information content (AvgIpc) is 2.64. The van der Waals surface area contributed by atoms with E-state index in [0.29, 0.717) is 25.1 Å². The van der Waals surface area contributed by atoms with E-state index in [4.69, 9.17) is 0 Å². The molecule has 138 valence electrons. The van der Waals surface area contributed by atoms with Gasteiger partial charge in [0, 0.05) is 27.7 Å². The molecule has 1 fully saturated rings. The molecule has 3 rings (SSSR count). The molecule has 0 saturated carbocycles. The number of nitrogens with zero attached hydrogens (tertiary/aromatic N) is 1. The lowest BCUT2D eigenvalue weighted by atomic mass is 9.99. The third-order valence-electron chi connectivity index (χ3n) is 4.32. The molecule has 1 aliphatic rings. The second-order valence-corrected chi connectivity index (χ2v) is 9.92. The SMILES string of the molecule is O=C(Nc1ccc(Br)cc1)[C@H]1CCCN(S(=O)(=O)c2ccc(Br)cc2)C1. The fourth-order valence-corrected chi connectivity index (χ4v) is 4.96. The topological polar surface area (TPSA) is 66.5 Å². The molecular weight excluding hydrogens is 484 g/mol. The number of rotatable bonds is 4. The number of piperidine rings is 1. The van der Waals surface area contributed by atoms with Crippen molar-refractivity contribution in [1.82, 2.24) is 4.31 Å². The first-order valence-corrected chi connectivity index (χ1v) is 11.2. The van der Waals surface area contributed by atoms with Gasteiger partial charge in [0.1, 0.15) is 0 Å². The molecule has 1 amide bonds. The van der Waals surface area contributed by atoms with Gasteiger partial charge >= 0.3 is 0 Å². The predicted octanol–water partition coefficient (Wildman–Crippen LogP) is 4.25. The summed E-state index contributed by atoms with van der Waals surface area (Å²) in [5, 5.41) is 2.87. The van der Waals surface area contributed by atoms with Gasteiger partial charge < -0.3 is 5.32 Å². The number of anilines is 1. The Hall–Kier alpha value is -1.22. The minimum absolute atomic E-state index is 0.150. The van der Waals surface area contributed by atoms with Crippen molar-refractivity contribution in [2.75, 3.05) is 18.4 Å². The van der Waals surface area contributed by atoms with Gasteiger partial charge in [-0.05, 0) is 61.4 Å². The summed E-state index contributed by atoms with van der Waals surface area (Å²) in [5.74, 6) is -0.513. The Labute approximate surface area is 170 Å². The maximum atomic E-state index is 12.8. The van der Waals surface area contributed by atoms with E-state index in [9.17, 15) is 13.2 Å². The number of hydrogen-bond acceptors (Lipinski definition) is 3. The fourth-order valence-electron chi connectivity index (χ4n) is 2.91. The molecule has 2 aromatic rings. The van der Waals surface area contributed by atoms with Crippen molar-refractivity contribution in [2.45, 2.75) is 17.7 Å². The highest BCUT2D eigenvalue weighted by Gasteiger charge is 2.33. The molecule has 1 heterocycles. The molecule has 2 aromatic carbocycles. The van der Waals surface area contributed by atoms with Gasteiger partial charge in [-0.3, -0.25) is 4.79 Å². The molecule has 0 bridgehead atoms. The van der Waals surface area contributed by atoms with Gasteiger partial charge in [-0.25, -0.2) is 8.42 Å². The van der Waals surface area contributed by atoms with Crippen LogP contribution in [0.5, 0.6) is 0 Å². The van der Waals surface area contributed by atoms with Gasteiger partial charge in [-0.1, -0.05) is 31.9 Å². The molecule has 5 nitrogen and oxygen atoms in total. The van der Waals surface area contributed by atoms with Crippen LogP contribution in [0.4, 0.5) is 5.69 Å². The smallest absolute Gasteiger partial charge is 0.243 e. The number of halogens is 2. The molecule has 1 N–H and O–H groups in total. The predicted molar refractivity (Wildman–Crippen MR) is 108 cm³/mol. The van der Waals surface area contributed by atoms with Crippen LogP contribution in [0.1, 0.15) is 12.8 Å². The maximum absolute atomic E-state index is 12.8. The molecule has 8 heteroatoms. The molecule has 0 unspecified atom stereocenters. The summed E-state index contributed by atoms with van der Waals surface area (Å²) in [4.78, 5) is 12.8. The standard InChI is InChI=1S/C18H18Br2N2O3S/c19-14-3-7-16(8-4-14)21-18(23)13-2-1-11-22(12-13)26(24,25)17-9-5-15(20)6-10-17/h3-10,13H,1-2,11-12H2,(H,21,23)/t13-/m0/s1. The minimum Gasteiger partial charge on any atom is -0.326 e. The Morgan fingerprint density at radius 2 is 1.58 bits per heavy atom. The second kappa shape index (κ2) is 8.21. The Balaban J connectivity index is 1.71. The van der Waals surface area contributed by atoms with Crippen LogP contribution in [-0.2, 0) is 14.8 Å². The summed E-state index contributed by atoms with van der Waals surface area (Å²) in [5.41, 5.74) is 0.700. The van der Waals surface area contributed by atoms with E-state index in [2.05, 4.69) is 37.2 Å². The quantitative estimate of drug-likeness (QED) is 0.680. The Morgan fingerprint density at radius 3 is 2.19 bits per heavy atom. The lowest BCUT2D eigenvalue weighted by molar-refractivity contribution is -0.120. The Kier molecular flexibility index (Phi) is 6.17. The van der Waals surface area contributed by atoms with Crippen molar-refractivity contribution in [3.63, 3.8) is 0 Å². The number of hydrogen-bond donors (Lipinski definition) is 1. The van der Waals surface area contributed by atoms with E-state index in [1.165, 1.54) is 4.31 Å². The van der Waals surface area contributed by atoms with Crippen molar-refractivity contribution < 1.29 is 13.2 Å². The summed E-state index contributed by atoms with van der Waals surface area (Å²) in [7, 11) is -3.60. The van der Waals surface area contributed by atoms with E-state index >= 15 is 0 Å². The van der Waals surface area contributed by atoms with Crippen molar-refractivity contribution in [2.24, 2.45) is 5.92 Å². The zero-order chi connectivity index (χ0) is 18.7. The van der Waals surface area contributed by atoms with Crippen LogP contribution in [0.3, 0.4) is 0 Å². The van der Waals surface area contributed by atoms with E-state index < -0.39 is 10.0 Å². The van der Waals surface area contributed by atoms with Crippen LogP contribution in [0.25, 0.3) is 0 Å². The highest BCUT2D eigenvalue weighted by atomic mass is 79.9. The van der Waals surface area contributed by atoms with Crippen LogP contribution >= 0.6 is 31.9 Å². The van der Waals surface area contributed by atoms with E-state index in [-0.39, 0.29) is 23.3 Å². The van der Waals surface area contributed by atoms with Crippen LogP contribution in [0.2, 0.25) is 0 Å². The maximum Gasteiger partial charge on any atom is 0.243 e. The second-order valence-electron chi connectivity index (χ2n) is 6.15. The van der Waals surface area contributed by atoms with Gasteiger partial charge in [-0.15, -0.1) is 0 Å². The molecule has 26 heavy (non-hydrogen) atoms. The number of benzene rings is 2. The zero-order valence-corrected chi connectivity index (χ0v) is 17.8. The molecule has 0 aromatic heterocycles. The van der Waals surface area contributed by atoms with Crippen LogP contribution in [0.15, 0.2) is 62.4 Å². The third-order valence-corrected chi connectivity index (χ3v) is 7.25. The number of nitrogens with one attached hydrogen (secondary N) is 1. The summed E-state index contributed by atoms with van der Waals surface area (Å²) in [6, 6.07) is 13.9. The number of amides is 1. The van der Waals surface area contributed by atoms with Crippen molar-refractivity contribution >= 4 is 53.5 Å². The van der Waals surface area contributed by atoms with Crippen LogP contribution < -0.4 is 5.32 Å². The largest absolute Gasteiger partial charge is 0.326 e. The van der Waals surface area contributed by atoms with Crippen LogP contribution in [-0.4, -0.2) is 31.7 Å². The normalized spacial score (nSPS) is 18.5. The van der Waals surface area contributed by atoms with E-state index in [1.54, 1.807) is 36.4 Å². The summed E-state index contributed by atoms with van der Waals surface area (Å²) >= 11 is 6.66. The number of carbonyl (C=O) groups is 1. The third kappa shape index (κ3) is 4.54. The molecule has 1 atom stereocenters. The summed E-state index contributed by atoms with van der Waals surface area (Å²) < 4.78 is 28.8. The number of carbonyl (C=O) groups excluding carboxylic acids is 1. The lowest BCUT2D eigenvalue weighted by Gasteiger charge is -2.31. The van der Waals surface area contributed by atoms with E-state index in [0.717, 1.165) is 8.95 Å². The van der Waals surface area contributed by atoms with E-state index in [1.807, 2.05) is 12.1 Å². The molecule has 0 aliphatic carbocycles. The van der Waals surface area contributed by atoms with Crippen molar-refractivity contribution in [3.05, 3.63) is 57.5 Å². The van der Waals surface area contributed by atoms with Gasteiger partial charge in [0.2, 0.25) is 15.9 Å². The fraction of sp³-hybridized carbons (Fsp3) is 0.278.